The van der Waals surface area contributed by atoms with Crippen molar-refractivity contribution in [3.63, 3.8) is 0 Å². The molecule has 2 aliphatic heterocycles. The maximum absolute atomic E-state index is 12.6. The molecule has 1 unspecified atom stereocenters. The summed E-state index contributed by atoms with van der Waals surface area (Å²) in [5.74, 6) is 0.937. The van der Waals surface area contributed by atoms with Gasteiger partial charge in [0.15, 0.2) is 5.76 Å². The number of anilines is 1. The molecule has 2 aromatic rings. The van der Waals surface area contributed by atoms with Crippen molar-refractivity contribution < 1.29 is 14.3 Å². The van der Waals surface area contributed by atoms with Gasteiger partial charge in [0.25, 0.3) is 0 Å². The van der Waals surface area contributed by atoms with Crippen molar-refractivity contribution in [3.8, 4) is 0 Å². The predicted octanol–water partition coefficient (Wildman–Crippen LogP) is 3.32. The predicted molar refractivity (Wildman–Crippen MR) is 122 cm³/mol. The number of carbonyl (C=O) groups excluding carboxylic acids is 1. The Morgan fingerprint density at radius 3 is 2.35 bits per heavy atom. The Bertz CT molecular complexity index is 901. The van der Waals surface area contributed by atoms with Crippen LogP contribution in [0.5, 0.6) is 0 Å². The van der Waals surface area contributed by atoms with Gasteiger partial charge in [0, 0.05) is 31.9 Å². The number of benzene rings is 2. The van der Waals surface area contributed by atoms with Crippen LogP contribution in [-0.2, 0) is 20.7 Å². The van der Waals surface area contributed by atoms with Gasteiger partial charge in [0.2, 0.25) is 12.7 Å². The number of nitrogens with one attached hydrogen (secondary N) is 1. The van der Waals surface area contributed by atoms with Gasteiger partial charge in [-0.25, -0.2) is 0 Å². The second kappa shape index (κ2) is 9.98. The van der Waals surface area contributed by atoms with Crippen LogP contribution in [-0.4, -0.2) is 61.3 Å². The molecule has 0 saturated carbocycles. The van der Waals surface area contributed by atoms with E-state index < -0.39 is 0 Å². The lowest BCUT2D eigenvalue weighted by atomic mass is 10.0. The van der Waals surface area contributed by atoms with E-state index in [2.05, 4.69) is 39.4 Å². The monoisotopic (exact) mass is 421 g/mol. The van der Waals surface area contributed by atoms with Crippen molar-refractivity contribution in [2.45, 2.75) is 26.3 Å². The molecule has 1 atom stereocenters. The Morgan fingerprint density at radius 1 is 1.00 bits per heavy atom. The minimum absolute atomic E-state index is 0.0434. The fourth-order valence-electron chi connectivity index (χ4n) is 4.30. The first-order valence-electron chi connectivity index (χ1n) is 10.9. The molecule has 2 aliphatic rings. The van der Waals surface area contributed by atoms with E-state index in [0.717, 1.165) is 55.2 Å². The van der Waals surface area contributed by atoms with Crippen LogP contribution in [0.4, 0.5) is 5.69 Å². The van der Waals surface area contributed by atoms with Gasteiger partial charge in [-0.2, -0.15) is 0 Å². The van der Waals surface area contributed by atoms with Crippen LogP contribution in [0.3, 0.4) is 0 Å². The van der Waals surface area contributed by atoms with Gasteiger partial charge in [-0.05, 0) is 37.0 Å². The minimum atomic E-state index is 0.0434. The van der Waals surface area contributed by atoms with Crippen LogP contribution in [0.1, 0.15) is 16.7 Å². The largest absolute Gasteiger partial charge is 0.462 e. The van der Waals surface area contributed by atoms with Crippen LogP contribution in [0.25, 0.3) is 0 Å². The highest BCUT2D eigenvalue weighted by atomic mass is 16.7. The zero-order chi connectivity index (χ0) is 21.6. The number of ether oxygens (including phenoxy) is 2. The average Bonchev–Trinajstić information content (AvgIpc) is 3.31. The van der Waals surface area contributed by atoms with Crippen LogP contribution < -0.4 is 5.32 Å². The van der Waals surface area contributed by atoms with Gasteiger partial charge in [-0.15, -0.1) is 0 Å². The van der Waals surface area contributed by atoms with Crippen molar-refractivity contribution in [1.82, 2.24) is 9.80 Å². The summed E-state index contributed by atoms with van der Waals surface area (Å²) in [6.45, 7) is 8.21. The number of para-hydroxylation sites is 1. The summed E-state index contributed by atoms with van der Waals surface area (Å²) in [7, 11) is 0. The minimum Gasteiger partial charge on any atom is -0.462 e. The quantitative estimate of drug-likeness (QED) is 0.743. The first-order chi connectivity index (χ1) is 15.1. The average molecular weight is 422 g/mol. The third-order valence-corrected chi connectivity index (χ3v) is 6.05. The highest BCUT2D eigenvalue weighted by molar-refractivity contribution is 5.93. The van der Waals surface area contributed by atoms with Crippen molar-refractivity contribution >= 4 is 11.6 Å². The first-order valence-corrected chi connectivity index (χ1v) is 10.9. The van der Waals surface area contributed by atoms with E-state index in [1.807, 2.05) is 38.1 Å². The second-order valence-electron chi connectivity index (χ2n) is 8.28. The van der Waals surface area contributed by atoms with Gasteiger partial charge in [0.1, 0.15) is 6.26 Å². The van der Waals surface area contributed by atoms with Crippen LogP contribution in [0.15, 0.2) is 60.6 Å². The van der Waals surface area contributed by atoms with E-state index >= 15 is 0 Å². The summed E-state index contributed by atoms with van der Waals surface area (Å²) >= 11 is 0. The summed E-state index contributed by atoms with van der Waals surface area (Å²) in [6.07, 6.45) is 2.63. The van der Waals surface area contributed by atoms with Crippen molar-refractivity contribution in [2.24, 2.45) is 0 Å². The summed E-state index contributed by atoms with van der Waals surface area (Å²) in [5.41, 5.74) is 4.39. The fourth-order valence-corrected chi connectivity index (χ4v) is 4.30. The summed E-state index contributed by atoms with van der Waals surface area (Å²) < 4.78 is 11.1. The Hall–Kier alpha value is -2.83. The van der Waals surface area contributed by atoms with Crippen LogP contribution in [0.2, 0.25) is 0 Å². The van der Waals surface area contributed by atoms with Gasteiger partial charge < -0.3 is 14.8 Å². The van der Waals surface area contributed by atoms with Crippen molar-refractivity contribution in [3.05, 3.63) is 77.2 Å². The molecular formula is C25H31N3O3. The van der Waals surface area contributed by atoms with Gasteiger partial charge in [-0.3, -0.25) is 14.6 Å². The molecule has 2 aromatic carbocycles. The summed E-state index contributed by atoms with van der Waals surface area (Å²) in [6, 6.07) is 16.7. The highest BCUT2D eigenvalue weighted by Gasteiger charge is 2.30. The molecule has 1 amide bonds. The zero-order valence-corrected chi connectivity index (χ0v) is 18.3. The molecule has 1 N–H and O–H groups in total. The summed E-state index contributed by atoms with van der Waals surface area (Å²) in [5, 5.41) is 3.10. The molecule has 0 spiro atoms. The number of carbonyl (C=O) groups is 1. The molecule has 1 fully saturated rings. The second-order valence-corrected chi connectivity index (χ2v) is 8.28. The molecule has 2 heterocycles. The fraction of sp³-hybridized carbons (Fsp3) is 0.400. The number of aryl methyl sites for hydroxylation is 2. The first kappa shape index (κ1) is 21.4. The van der Waals surface area contributed by atoms with Gasteiger partial charge >= 0.3 is 0 Å². The molecular weight excluding hydrogens is 390 g/mol. The Kier molecular flexibility index (Phi) is 6.89. The zero-order valence-electron chi connectivity index (χ0n) is 18.3. The van der Waals surface area contributed by atoms with Crippen LogP contribution in [0, 0.1) is 13.8 Å². The van der Waals surface area contributed by atoms with E-state index in [9.17, 15) is 4.79 Å². The third-order valence-electron chi connectivity index (χ3n) is 6.05. The van der Waals surface area contributed by atoms with E-state index in [1.54, 1.807) is 6.26 Å². The summed E-state index contributed by atoms with van der Waals surface area (Å²) in [4.78, 5) is 17.3. The Morgan fingerprint density at radius 2 is 1.71 bits per heavy atom. The number of piperazine rings is 1. The maximum atomic E-state index is 12.6. The molecule has 0 aromatic heterocycles. The normalized spacial score (nSPS) is 18.1. The molecule has 4 rings (SSSR count). The standard InChI is InChI=1S/C25H31N3O3/c1-19-7-6-8-20(2)25(19)26-24(29)16-27-11-13-28(14-12-27)22(23-17-30-18-31-23)15-21-9-4-3-5-10-21/h3-10,17,22H,11-16,18H2,1-2H3,(H,26,29). The molecule has 0 aliphatic carbocycles. The topological polar surface area (TPSA) is 54.0 Å². The Balaban J connectivity index is 1.33. The van der Waals surface area contributed by atoms with Crippen molar-refractivity contribution in [2.75, 3.05) is 44.8 Å². The van der Waals surface area contributed by atoms with E-state index in [4.69, 9.17) is 9.47 Å². The third kappa shape index (κ3) is 5.46. The van der Waals surface area contributed by atoms with E-state index in [1.165, 1.54) is 5.56 Å². The van der Waals surface area contributed by atoms with Crippen LogP contribution >= 0.6 is 0 Å². The molecule has 6 heteroatoms. The Labute approximate surface area is 184 Å². The lowest BCUT2D eigenvalue weighted by Crippen LogP contribution is -2.52. The smallest absolute Gasteiger partial charge is 0.238 e. The highest BCUT2D eigenvalue weighted by Crippen LogP contribution is 2.23. The lowest BCUT2D eigenvalue weighted by molar-refractivity contribution is -0.117. The molecule has 0 radical (unpaired) electrons. The van der Waals surface area contributed by atoms with Gasteiger partial charge in [-0.1, -0.05) is 48.5 Å². The van der Waals surface area contributed by atoms with E-state index in [-0.39, 0.29) is 11.9 Å². The number of nitrogens with zero attached hydrogens (tertiary/aromatic N) is 2. The number of amides is 1. The molecule has 6 nitrogen and oxygen atoms in total. The maximum Gasteiger partial charge on any atom is 0.238 e. The van der Waals surface area contributed by atoms with Crippen molar-refractivity contribution in [1.29, 1.82) is 0 Å². The number of hydrogen-bond acceptors (Lipinski definition) is 5. The molecule has 31 heavy (non-hydrogen) atoms. The lowest BCUT2D eigenvalue weighted by Gasteiger charge is -2.39. The van der Waals surface area contributed by atoms with Gasteiger partial charge in [0.05, 0.1) is 12.6 Å². The molecule has 0 bridgehead atoms. The SMILES string of the molecule is Cc1cccc(C)c1NC(=O)CN1CCN(C(Cc2ccccc2)C2=COCO2)CC1. The van der Waals surface area contributed by atoms with E-state index in [0.29, 0.717) is 13.3 Å². The molecule has 1 saturated heterocycles. The number of rotatable bonds is 7. The molecule has 164 valence electrons. The number of hydrogen-bond donors (Lipinski definition) is 1.